The summed E-state index contributed by atoms with van der Waals surface area (Å²) in [7, 11) is 0. The fourth-order valence-electron chi connectivity index (χ4n) is 4.40. The van der Waals surface area contributed by atoms with Gasteiger partial charge in [0.1, 0.15) is 18.3 Å². The molecule has 3 N–H and O–H groups in total. The molecule has 4 atom stereocenters. The minimum atomic E-state index is -1.32. The molecule has 3 heterocycles. The number of para-hydroxylation sites is 1. The maximum atomic E-state index is 12.6. The molecule has 0 bridgehead atoms. The summed E-state index contributed by atoms with van der Waals surface area (Å²) >= 11 is 0. The number of rotatable bonds is 4. The van der Waals surface area contributed by atoms with Crippen LogP contribution in [0.3, 0.4) is 0 Å². The van der Waals surface area contributed by atoms with E-state index in [-0.39, 0.29) is 157 Å². The number of fused-ring (bicyclic) bond motifs is 2. The summed E-state index contributed by atoms with van der Waals surface area (Å²) in [6, 6.07) is 14.3. The Kier molecular flexibility index (Phi) is 12.4. The number of ether oxygens (including phenoxy) is 1. The minimum Gasteiger partial charge on any atom is -0.388 e. The third kappa shape index (κ3) is 5.81. The van der Waals surface area contributed by atoms with Gasteiger partial charge in [-0.15, -0.1) is 0 Å². The van der Waals surface area contributed by atoms with Crippen molar-refractivity contribution in [3.63, 3.8) is 0 Å². The Morgan fingerprint density at radius 2 is 1.44 bits per heavy atom. The zero-order valence-corrected chi connectivity index (χ0v) is 32.6. The molecule has 3 radical (unpaired) electrons. The van der Waals surface area contributed by atoms with Crippen LogP contribution in [0.2, 0.25) is 0 Å². The summed E-state index contributed by atoms with van der Waals surface area (Å²) < 4.78 is 7.35. The first-order valence-electron chi connectivity index (χ1n) is 10.2. The fraction of sp³-hybridized carbons (Fsp3) is 0.304. The zero-order valence-electron chi connectivity index (χ0n) is 18.3. The molecule has 1 saturated heterocycles. The Bertz CT molecular complexity index is 1150. The molecule has 8 nitrogen and oxygen atoms in total. The molecule has 34 heavy (non-hydrogen) atoms. The van der Waals surface area contributed by atoms with Gasteiger partial charge < -0.3 is 24.6 Å². The zero-order chi connectivity index (χ0) is 21.7. The smallest absolute Gasteiger partial charge is 0.261 e. The van der Waals surface area contributed by atoms with E-state index in [9.17, 15) is 24.9 Å². The van der Waals surface area contributed by atoms with Gasteiger partial charge in [0.15, 0.2) is 6.23 Å². The number of aliphatic hydroxyl groups is 3. The molecule has 4 unspecified atom stereocenters. The SMILES string of the molecule is O=C1c2ccccc2C(=O)N1CCc1cn(C2OCC(O)C(O)C2O)c2ccccc12.[Ac].[Ac].[Ac]. The van der Waals surface area contributed by atoms with Crippen LogP contribution in [0.25, 0.3) is 10.9 Å². The first-order chi connectivity index (χ1) is 15.0. The number of carbonyl (C=O) groups is 2. The van der Waals surface area contributed by atoms with E-state index < -0.39 is 24.5 Å². The van der Waals surface area contributed by atoms with E-state index in [2.05, 4.69) is 0 Å². The van der Waals surface area contributed by atoms with Gasteiger partial charge in [-0.25, -0.2) is 0 Å². The van der Waals surface area contributed by atoms with Gasteiger partial charge in [-0.2, -0.15) is 0 Å². The van der Waals surface area contributed by atoms with Gasteiger partial charge in [0, 0.05) is 150 Å². The normalized spacial score (nSPS) is 23.7. The Hall–Kier alpha value is 1.28. The third-order valence-electron chi connectivity index (χ3n) is 6.05. The second-order valence-electron chi connectivity index (χ2n) is 7.91. The number of nitrogens with zero attached hydrogens (tertiary/aromatic N) is 2. The summed E-state index contributed by atoms with van der Waals surface area (Å²) in [4.78, 5) is 26.6. The molecular weight excluding hydrogens is 1080 g/mol. The van der Waals surface area contributed by atoms with Gasteiger partial charge in [-0.3, -0.25) is 14.5 Å². The van der Waals surface area contributed by atoms with Crippen LogP contribution < -0.4 is 0 Å². The van der Waals surface area contributed by atoms with Crippen molar-refractivity contribution in [1.29, 1.82) is 0 Å². The van der Waals surface area contributed by atoms with Crippen molar-refractivity contribution < 1.29 is 162 Å². The van der Waals surface area contributed by atoms with E-state index in [0.29, 0.717) is 17.5 Å². The van der Waals surface area contributed by atoms with E-state index in [1.165, 1.54) is 4.90 Å². The van der Waals surface area contributed by atoms with E-state index >= 15 is 0 Å². The predicted molar refractivity (Wildman–Crippen MR) is 110 cm³/mol. The number of amides is 2. The third-order valence-corrected chi connectivity index (χ3v) is 6.05. The average molecular weight is 1100 g/mol. The van der Waals surface area contributed by atoms with Crippen molar-refractivity contribution >= 4 is 22.7 Å². The molecule has 2 aliphatic heterocycles. The molecule has 1 aromatic heterocycles. The molecule has 2 amide bonds. The second kappa shape index (κ2) is 13.4. The van der Waals surface area contributed by atoms with E-state index in [4.69, 9.17) is 4.74 Å². The maximum absolute atomic E-state index is 12.6. The van der Waals surface area contributed by atoms with Crippen molar-refractivity contribution in [2.24, 2.45) is 0 Å². The molecule has 11 heteroatoms. The van der Waals surface area contributed by atoms with Crippen molar-refractivity contribution in [3.8, 4) is 0 Å². The number of hydrogen-bond donors (Lipinski definition) is 3. The van der Waals surface area contributed by atoms with Gasteiger partial charge in [0.05, 0.1) is 23.3 Å². The molecule has 0 spiro atoms. The van der Waals surface area contributed by atoms with Crippen molar-refractivity contribution in [2.75, 3.05) is 13.2 Å². The monoisotopic (exact) mass is 1100 g/mol. The molecular formula is C23H22Ac3N2O6. The molecule has 0 aliphatic carbocycles. The number of carbonyl (C=O) groups excluding carboxylic acids is 2. The van der Waals surface area contributed by atoms with Crippen molar-refractivity contribution in [1.82, 2.24) is 9.47 Å². The van der Waals surface area contributed by atoms with Gasteiger partial charge in [-0.1, -0.05) is 30.3 Å². The number of aliphatic hydroxyl groups excluding tert-OH is 3. The standard InChI is InChI=1S/C23H22N2O6.3Ac/c26-18-12-31-23(20(28)19(18)27)25-11-13(14-5-3-4-8-17(14)25)9-10-24-21(29)15-6-1-2-7-16(15)22(24)30;;;/h1-8,11,18-20,23,26-28H,9-10,12H2;;;. The summed E-state index contributed by atoms with van der Waals surface area (Å²) in [5.74, 6) is -0.597. The first kappa shape index (κ1) is 31.5. The summed E-state index contributed by atoms with van der Waals surface area (Å²) in [5, 5.41) is 31.2. The molecule has 1 fully saturated rings. The Balaban J connectivity index is 0.00000136. The summed E-state index contributed by atoms with van der Waals surface area (Å²) in [6.07, 6.45) is -2.41. The van der Waals surface area contributed by atoms with Gasteiger partial charge in [0.25, 0.3) is 11.8 Å². The van der Waals surface area contributed by atoms with Crippen molar-refractivity contribution in [2.45, 2.75) is 31.0 Å². The number of hydrogen-bond acceptors (Lipinski definition) is 6. The number of aromatic nitrogens is 1. The summed E-state index contributed by atoms with van der Waals surface area (Å²) in [6.45, 7) is 0.121. The topological polar surface area (TPSA) is 112 Å². The summed E-state index contributed by atoms with van der Waals surface area (Å²) in [5.41, 5.74) is 2.50. The molecule has 2 aromatic carbocycles. The number of imide groups is 1. The Morgan fingerprint density at radius 3 is 2.09 bits per heavy atom. The Morgan fingerprint density at radius 1 is 0.853 bits per heavy atom. The fourth-order valence-corrected chi connectivity index (χ4v) is 4.40. The number of benzene rings is 2. The minimum absolute atomic E-state index is 0. The quantitative estimate of drug-likeness (QED) is 0.338. The van der Waals surface area contributed by atoms with Crippen LogP contribution in [-0.2, 0) is 11.2 Å². The second-order valence-corrected chi connectivity index (χ2v) is 7.91. The van der Waals surface area contributed by atoms with Crippen LogP contribution in [0, 0.1) is 132 Å². The van der Waals surface area contributed by atoms with Crippen LogP contribution in [0.5, 0.6) is 0 Å². The van der Waals surface area contributed by atoms with Gasteiger partial charge >= 0.3 is 0 Å². The molecule has 5 rings (SSSR count). The van der Waals surface area contributed by atoms with Crippen LogP contribution in [0.1, 0.15) is 32.5 Å². The predicted octanol–water partition coefficient (Wildman–Crippen LogP) is 1.09. The van der Waals surface area contributed by atoms with Crippen LogP contribution >= 0.6 is 0 Å². The largest absolute Gasteiger partial charge is 0.388 e. The first-order valence-corrected chi connectivity index (χ1v) is 10.2. The molecule has 169 valence electrons. The van der Waals surface area contributed by atoms with Crippen LogP contribution in [0.4, 0.5) is 0 Å². The molecule has 3 aromatic rings. The van der Waals surface area contributed by atoms with E-state index in [1.807, 2.05) is 24.3 Å². The van der Waals surface area contributed by atoms with E-state index in [0.717, 1.165) is 16.5 Å². The van der Waals surface area contributed by atoms with Crippen molar-refractivity contribution in [3.05, 3.63) is 71.4 Å². The molecule has 2 aliphatic rings. The van der Waals surface area contributed by atoms with E-state index in [1.54, 1.807) is 35.0 Å². The van der Waals surface area contributed by atoms with Gasteiger partial charge in [-0.05, 0) is 30.2 Å². The van der Waals surface area contributed by atoms with Gasteiger partial charge in [0.2, 0.25) is 0 Å². The average Bonchev–Trinajstić information content (AvgIpc) is 3.27. The van der Waals surface area contributed by atoms with Crippen LogP contribution in [-0.4, -0.2) is 68.1 Å². The Labute approximate surface area is 304 Å². The maximum Gasteiger partial charge on any atom is 0.261 e. The van der Waals surface area contributed by atoms with Crippen LogP contribution in [0.15, 0.2) is 54.7 Å². The molecule has 0 saturated carbocycles.